The molecule has 0 fully saturated rings. The summed E-state index contributed by atoms with van der Waals surface area (Å²) >= 11 is 9.14. The average molecular weight is 218 g/mol. The van der Waals surface area contributed by atoms with Gasteiger partial charge >= 0.3 is 51.4 Å². The molecule has 0 bridgehead atoms. The molecule has 0 rings (SSSR count). The van der Waals surface area contributed by atoms with Crippen molar-refractivity contribution in [2.75, 3.05) is 34.3 Å². The van der Waals surface area contributed by atoms with Gasteiger partial charge in [0.1, 0.15) is 13.2 Å². The second kappa shape index (κ2) is 7.14. The standard InChI is InChI=1S/C6H13NOS2.K/c1-7(2,3)4-5-8-6(9)10;/h4-5H2,1-3H3;/q;+1. The van der Waals surface area contributed by atoms with Crippen LogP contribution < -0.4 is 51.4 Å². The van der Waals surface area contributed by atoms with Gasteiger partial charge in [-0.15, -0.1) is 0 Å². The van der Waals surface area contributed by atoms with Gasteiger partial charge in [0, 0.05) is 4.38 Å². The zero-order valence-corrected chi connectivity index (χ0v) is 12.3. The van der Waals surface area contributed by atoms with Crippen molar-refractivity contribution in [1.29, 1.82) is 0 Å². The van der Waals surface area contributed by atoms with E-state index in [9.17, 15) is 0 Å². The second-order valence-corrected chi connectivity index (χ2v) is 4.11. The third-order valence-corrected chi connectivity index (χ3v) is 1.22. The number of thiocarbonyl (C=S) groups is 1. The molecule has 0 amide bonds. The smallest absolute Gasteiger partial charge is 0.508 e. The Bertz CT molecular complexity index is 124. The number of ether oxygens (including phenoxy) is 1. The van der Waals surface area contributed by atoms with Crippen molar-refractivity contribution >= 4 is 29.2 Å². The molecule has 2 nitrogen and oxygen atoms in total. The molecule has 0 aromatic carbocycles. The molecule has 5 heteroatoms. The normalized spacial score (nSPS) is 10.1. The molecule has 11 heavy (non-hydrogen) atoms. The van der Waals surface area contributed by atoms with E-state index in [4.69, 9.17) is 4.74 Å². The number of hydrogen-bond donors (Lipinski definition) is 0. The van der Waals surface area contributed by atoms with Gasteiger partial charge in [0.05, 0.1) is 21.1 Å². The average Bonchev–Trinajstić information content (AvgIpc) is 1.59. The number of quaternary nitrogens is 1. The molecule has 0 N–H and O–H groups in total. The molecule has 0 atom stereocenters. The van der Waals surface area contributed by atoms with Crippen LogP contribution in [0.1, 0.15) is 0 Å². The fourth-order valence-corrected chi connectivity index (χ4v) is 0.570. The van der Waals surface area contributed by atoms with Crippen LogP contribution in [0.15, 0.2) is 0 Å². The summed E-state index contributed by atoms with van der Waals surface area (Å²) in [6.45, 7) is 1.54. The second-order valence-electron chi connectivity index (χ2n) is 3.11. The molecule has 0 radical (unpaired) electrons. The van der Waals surface area contributed by atoms with Crippen molar-refractivity contribution in [3.8, 4) is 0 Å². The molecule has 0 heterocycles. The molecule has 0 aromatic heterocycles. The summed E-state index contributed by atoms with van der Waals surface area (Å²) in [5.74, 6) is 0. The van der Waals surface area contributed by atoms with Crippen LogP contribution in [0, 0.1) is 0 Å². The summed E-state index contributed by atoms with van der Waals surface area (Å²) in [7, 11) is 6.28. The monoisotopic (exact) mass is 218 g/mol. The molecule has 0 aromatic rings. The molecule has 0 unspecified atom stereocenters. The van der Waals surface area contributed by atoms with E-state index in [1.807, 2.05) is 0 Å². The van der Waals surface area contributed by atoms with E-state index >= 15 is 0 Å². The van der Waals surface area contributed by atoms with Gasteiger partial charge in [0.25, 0.3) is 0 Å². The van der Waals surface area contributed by atoms with Gasteiger partial charge in [-0.05, 0) is 0 Å². The molecule has 0 aliphatic rings. The first kappa shape index (κ1) is 15.2. The molecular formula is C6H13KNOS2+. The predicted molar refractivity (Wildman–Crippen MR) is 48.8 cm³/mol. The molecule has 60 valence electrons. The van der Waals surface area contributed by atoms with Gasteiger partial charge in [-0.3, -0.25) is 0 Å². The minimum atomic E-state index is 0. The Morgan fingerprint density at radius 1 is 1.45 bits per heavy atom. The molecule has 0 saturated heterocycles. The van der Waals surface area contributed by atoms with Crippen molar-refractivity contribution in [1.82, 2.24) is 0 Å². The van der Waals surface area contributed by atoms with E-state index in [1.165, 1.54) is 0 Å². The van der Waals surface area contributed by atoms with Gasteiger partial charge in [-0.1, -0.05) is 0 Å². The van der Waals surface area contributed by atoms with Crippen LogP contribution in [0.4, 0.5) is 0 Å². The van der Waals surface area contributed by atoms with Crippen LogP contribution in [0.3, 0.4) is 0 Å². The first-order chi connectivity index (χ1) is 4.42. The Hall–Kier alpha value is 1.71. The Labute approximate surface area is 122 Å². The topological polar surface area (TPSA) is 9.23 Å². The largest absolute Gasteiger partial charge is 1.00 e. The third kappa shape index (κ3) is 14.5. The van der Waals surface area contributed by atoms with Crippen LogP contribution in [-0.2, 0) is 17.4 Å². The summed E-state index contributed by atoms with van der Waals surface area (Å²) < 4.78 is 6.04. The van der Waals surface area contributed by atoms with Crippen molar-refractivity contribution in [3.63, 3.8) is 0 Å². The van der Waals surface area contributed by atoms with Crippen LogP contribution in [-0.4, -0.2) is 43.2 Å². The van der Waals surface area contributed by atoms with Crippen molar-refractivity contribution in [2.45, 2.75) is 0 Å². The fourth-order valence-electron chi connectivity index (χ4n) is 0.403. The molecular weight excluding hydrogens is 205 g/mol. The van der Waals surface area contributed by atoms with Crippen molar-refractivity contribution in [2.24, 2.45) is 0 Å². The van der Waals surface area contributed by atoms with E-state index in [2.05, 4.69) is 46.0 Å². The first-order valence-electron chi connectivity index (χ1n) is 3.06. The van der Waals surface area contributed by atoms with Crippen LogP contribution in [0.5, 0.6) is 0 Å². The number of rotatable bonds is 3. The van der Waals surface area contributed by atoms with Crippen LogP contribution >= 0.6 is 12.2 Å². The quantitative estimate of drug-likeness (QED) is 0.225. The summed E-state index contributed by atoms with van der Waals surface area (Å²) in [5, 5.41) is 0. The van der Waals surface area contributed by atoms with Gasteiger partial charge in [0.15, 0.2) is 0 Å². The fraction of sp³-hybridized carbons (Fsp3) is 0.833. The van der Waals surface area contributed by atoms with E-state index in [1.54, 1.807) is 0 Å². The third-order valence-electron chi connectivity index (χ3n) is 0.982. The van der Waals surface area contributed by atoms with E-state index in [0.29, 0.717) is 6.61 Å². The van der Waals surface area contributed by atoms with E-state index in [-0.39, 0.29) is 55.8 Å². The van der Waals surface area contributed by atoms with Crippen LogP contribution in [0.25, 0.3) is 0 Å². The SMILES string of the molecule is C[N+](C)(C)CCOC(=S)[S-].[K+]. The summed E-state index contributed by atoms with van der Waals surface area (Å²) in [6, 6.07) is 0. The van der Waals surface area contributed by atoms with E-state index < -0.39 is 0 Å². The minimum Gasteiger partial charge on any atom is -0.508 e. The summed E-state index contributed by atoms with van der Waals surface area (Å²) in [4.78, 5) is 0. The van der Waals surface area contributed by atoms with Gasteiger partial charge in [0.2, 0.25) is 0 Å². The number of likely N-dealkylation sites (N-methyl/N-ethyl adjacent to an activating group) is 1. The summed E-state index contributed by atoms with van der Waals surface area (Å²) in [5.41, 5.74) is 0. The maximum Gasteiger partial charge on any atom is 1.00 e. The van der Waals surface area contributed by atoms with Crippen molar-refractivity contribution < 1.29 is 60.6 Å². The van der Waals surface area contributed by atoms with Crippen LogP contribution in [0.2, 0.25) is 0 Å². The molecule has 0 spiro atoms. The summed E-state index contributed by atoms with van der Waals surface area (Å²) in [6.07, 6.45) is 0. The molecule has 0 aliphatic carbocycles. The number of hydrogen-bond acceptors (Lipinski definition) is 3. The minimum absolute atomic E-state index is 0. The van der Waals surface area contributed by atoms with Crippen molar-refractivity contribution in [3.05, 3.63) is 0 Å². The molecule has 0 saturated carbocycles. The number of nitrogens with zero attached hydrogens (tertiary/aromatic N) is 1. The Morgan fingerprint density at radius 2 is 1.91 bits per heavy atom. The Kier molecular flexibility index (Phi) is 9.86. The predicted octanol–water partition coefficient (Wildman–Crippen LogP) is -2.45. The van der Waals surface area contributed by atoms with Gasteiger partial charge in [-0.25, -0.2) is 0 Å². The Morgan fingerprint density at radius 3 is 2.18 bits per heavy atom. The maximum absolute atomic E-state index is 4.95. The Balaban J connectivity index is 0. The molecule has 0 aliphatic heterocycles. The zero-order valence-electron chi connectivity index (χ0n) is 7.59. The first-order valence-corrected chi connectivity index (χ1v) is 3.88. The maximum atomic E-state index is 4.95. The van der Waals surface area contributed by atoms with E-state index in [0.717, 1.165) is 11.0 Å². The zero-order chi connectivity index (χ0) is 8.20. The van der Waals surface area contributed by atoms with Gasteiger partial charge < -0.3 is 34.1 Å². The van der Waals surface area contributed by atoms with Gasteiger partial charge in [-0.2, -0.15) is 0 Å².